The molecule has 3 aromatic carbocycles. The smallest absolute Gasteiger partial charge is 0.265 e. The molecule has 196 valence electrons. The number of hydrazine groups is 1. The van der Waals surface area contributed by atoms with Gasteiger partial charge in [0.05, 0.1) is 25.3 Å². The fourth-order valence-corrected chi connectivity index (χ4v) is 5.13. The van der Waals surface area contributed by atoms with E-state index < -0.39 is 0 Å². The predicted octanol–water partition coefficient (Wildman–Crippen LogP) is 5.13. The first kappa shape index (κ1) is 26.5. The highest BCUT2D eigenvalue weighted by atomic mass is 16.5. The van der Waals surface area contributed by atoms with Gasteiger partial charge in [-0.25, -0.2) is 5.84 Å². The SMILES string of the molecule is COc1cc(Cn2c3ccccc3c3c(C(=O)NN)ccc(CCCCCCN(C)C)c32)cc(OC)c1. The summed E-state index contributed by atoms with van der Waals surface area (Å²) in [6, 6.07) is 18.2. The van der Waals surface area contributed by atoms with Crippen molar-refractivity contribution >= 4 is 27.7 Å². The number of fused-ring (bicyclic) bond motifs is 3. The van der Waals surface area contributed by atoms with Crippen LogP contribution in [-0.2, 0) is 13.0 Å². The molecule has 0 saturated carbocycles. The van der Waals surface area contributed by atoms with E-state index in [1.54, 1.807) is 14.2 Å². The van der Waals surface area contributed by atoms with Crippen LogP contribution in [0.1, 0.15) is 47.2 Å². The average Bonchev–Trinajstić information content (AvgIpc) is 3.24. The second-order valence-corrected chi connectivity index (χ2v) is 9.76. The second-order valence-electron chi connectivity index (χ2n) is 9.76. The van der Waals surface area contributed by atoms with E-state index in [-0.39, 0.29) is 5.91 Å². The van der Waals surface area contributed by atoms with Crippen LogP contribution < -0.4 is 20.7 Å². The van der Waals surface area contributed by atoms with Crippen molar-refractivity contribution in [1.82, 2.24) is 14.9 Å². The highest BCUT2D eigenvalue weighted by Gasteiger charge is 2.20. The quantitative estimate of drug-likeness (QED) is 0.122. The third kappa shape index (κ3) is 5.89. The Balaban J connectivity index is 1.81. The summed E-state index contributed by atoms with van der Waals surface area (Å²) in [6.07, 6.45) is 5.63. The molecule has 0 fully saturated rings. The van der Waals surface area contributed by atoms with Gasteiger partial charge in [0.25, 0.3) is 5.91 Å². The summed E-state index contributed by atoms with van der Waals surface area (Å²) in [5.41, 5.74) is 7.37. The molecule has 4 rings (SSSR count). The molecule has 1 amide bonds. The molecule has 1 aromatic heterocycles. The predicted molar refractivity (Wildman–Crippen MR) is 150 cm³/mol. The van der Waals surface area contributed by atoms with E-state index in [2.05, 4.69) is 47.2 Å². The number of methoxy groups -OCH3 is 2. The first-order chi connectivity index (χ1) is 18.0. The monoisotopic (exact) mass is 502 g/mol. The van der Waals surface area contributed by atoms with Crippen LogP contribution in [0, 0.1) is 0 Å². The minimum Gasteiger partial charge on any atom is -0.497 e. The van der Waals surface area contributed by atoms with Crippen LogP contribution in [-0.4, -0.2) is 50.2 Å². The van der Waals surface area contributed by atoms with Crippen molar-refractivity contribution in [3.63, 3.8) is 0 Å². The fraction of sp³-hybridized carbons (Fsp3) is 0.367. The summed E-state index contributed by atoms with van der Waals surface area (Å²) in [4.78, 5) is 15.1. The number of carbonyl (C=O) groups is 1. The topological polar surface area (TPSA) is 81.8 Å². The van der Waals surface area contributed by atoms with Crippen LogP contribution in [0.5, 0.6) is 11.5 Å². The highest BCUT2D eigenvalue weighted by Crippen LogP contribution is 2.36. The zero-order chi connectivity index (χ0) is 26.4. The van der Waals surface area contributed by atoms with Crippen molar-refractivity contribution in [3.05, 3.63) is 71.3 Å². The molecular weight excluding hydrogens is 464 g/mol. The van der Waals surface area contributed by atoms with Gasteiger partial charge in [0.1, 0.15) is 11.5 Å². The van der Waals surface area contributed by atoms with Crippen molar-refractivity contribution in [2.45, 2.75) is 38.6 Å². The summed E-state index contributed by atoms with van der Waals surface area (Å²) in [6.45, 7) is 1.73. The molecule has 4 aromatic rings. The largest absolute Gasteiger partial charge is 0.497 e. The zero-order valence-electron chi connectivity index (χ0n) is 22.3. The summed E-state index contributed by atoms with van der Waals surface area (Å²) in [5, 5.41) is 1.98. The number of aryl methyl sites for hydroxylation is 1. The van der Waals surface area contributed by atoms with Crippen LogP contribution in [0.2, 0.25) is 0 Å². The van der Waals surface area contributed by atoms with E-state index in [0.717, 1.165) is 58.3 Å². The first-order valence-electron chi connectivity index (χ1n) is 12.9. The Kier molecular flexibility index (Phi) is 8.69. The third-order valence-corrected chi connectivity index (χ3v) is 6.92. The molecule has 3 N–H and O–H groups in total. The standard InChI is InChI=1S/C30H38N4O3/c1-33(2)16-10-6-5-7-11-22-14-15-26(30(35)32-31)28-25-12-8-9-13-27(25)34(29(22)28)20-21-17-23(36-3)19-24(18-21)37-4/h8-9,12-15,17-19H,5-7,10-11,16,20,31H2,1-4H3,(H,32,35). The van der Waals surface area contributed by atoms with Crippen LogP contribution >= 0.6 is 0 Å². The number of hydrogen-bond acceptors (Lipinski definition) is 5. The number of nitrogens with one attached hydrogen (secondary N) is 1. The molecule has 0 radical (unpaired) electrons. The van der Waals surface area contributed by atoms with E-state index in [9.17, 15) is 4.79 Å². The van der Waals surface area contributed by atoms with E-state index in [1.807, 2.05) is 36.4 Å². The lowest BCUT2D eigenvalue weighted by Crippen LogP contribution is -2.30. The molecule has 1 heterocycles. The van der Waals surface area contributed by atoms with E-state index in [0.29, 0.717) is 12.1 Å². The summed E-state index contributed by atoms with van der Waals surface area (Å²) < 4.78 is 13.4. The number of nitrogen functional groups attached to an aromatic ring is 1. The number of benzene rings is 3. The normalized spacial score (nSPS) is 11.4. The molecule has 0 bridgehead atoms. The van der Waals surface area contributed by atoms with Crippen LogP contribution in [0.4, 0.5) is 0 Å². The minimum absolute atomic E-state index is 0.286. The number of amides is 1. The van der Waals surface area contributed by atoms with Crippen molar-refractivity contribution in [1.29, 1.82) is 0 Å². The Hall–Kier alpha value is -3.55. The molecule has 7 nitrogen and oxygen atoms in total. The number of unbranched alkanes of at least 4 members (excludes halogenated alkanes) is 3. The Labute approximate surface area is 219 Å². The van der Waals surface area contributed by atoms with Gasteiger partial charge in [-0.1, -0.05) is 37.1 Å². The third-order valence-electron chi connectivity index (χ3n) is 6.92. The lowest BCUT2D eigenvalue weighted by atomic mass is 9.98. The van der Waals surface area contributed by atoms with Gasteiger partial charge in [-0.05, 0) is 75.3 Å². The van der Waals surface area contributed by atoms with Crippen LogP contribution in [0.3, 0.4) is 0 Å². The molecule has 0 atom stereocenters. The van der Waals surface area contributed by atoms with Crippen LogP contribution in [0.25, 0.3) is 21.8 Å². The Morgan fingerprint density at radius 2 is 1.65 bits per heavy atom. The summed E-state index contributed by atoms with van der Waals surface area (Å²) in [5.74, 6) is 6.79. The van der Waals surface area contributed by atoms with E-state index >= 15 is 0 Å². The Morgan fingerprint density at radius 3 is 2.32 bits per heavy atom. The molecular formula is C30H38N4O3. The van der Waals surface area contributed by atoms with Gasteiger partial charge in [-0.3, -0.25) is 10.2 Å². The minimum atomic E-state index is -0.286. The Bertz CT molecular complexity index is 1350. The van der Waals surface area contributed by atoms with Gasteiger partial charge >= 0.3 is 0 Å². The zero-order valence-corrected chi connectivity index (χ0v) is 22.3. The van der Waals surface area contributed by atoms with Crippen molar-refractivity contribution in [2.75, 3.05) is 34.9 Å². The maximum atomic E-state index is 12.8. The molecule has 0 unspecified atom stereocenters. The highest BCUT2D eigenvalue weighted by molar-refractivity contribution is 6.18. The second kappa shape index (κ2) is 12.1. The number of hydrogen-bond donors (Lipinski definition) is 2. The van der Waals surface area contributed by atoms with Crippen molar-refractivity contribution in [2.24, 2.45) is 5.84 Å². The van der Waals surface area contributed by atoms with E-state index in [4.69, 9.17) is 15.3 Å². The summed E-state index contributed by atoms with van der Waals surface area (Å²) in [7, 11) is 7.56. The van der Waals surface area contributed by atoms with Crippen LogP contribution in [0.15, 0.2) is 54.6 Å². The molecule has 0 spiro atoms. The average molecular weight is 503 g/mol. The van der Waals surface area contributed by atoms with Gasteiger partial charge in [-0.15, -0.1) is 0 Å². The number of nitrogens with two attached hydrogens (primary N) is 1. The lowest BCUT2D eigenvalue weighted by molar-refractivity contribution is 0.0955. The number of para-hydroxylation sites is 1. The molecule has 0 saturated heterocycles. The van der Waals surface area contributed by atoms with E-state index in [1.165, 1.54) is 24.8 Å². The molecule has 0 aliphatic heterocycles. The van der Waals surface area contributed by atoms with Crippen molar-refractivity contribution < 1.29 is 14.3 Å². The molecule has 0 aliphatic carbocycles. The van der Waals surface area contributed by atoms with Gasteiger partial charge in [0.2, 0.25) is 0 Å². The number of aromatic nitrogens is 1. The van der Waals surface area contributed by atoms with Gasteiger partial charge < -0.3 is 18.9 Å². The molecule has 7 heteroatoms. The van der Waals surface area contributed by atoms with Crippen molar-refractivity contribution in [3.8, 4) is 11.5 Å². The number of rotatable bonds is 12. The fourth-order valence-electron chi connectivity index (χ4n) is 5.13. The maximum absolute atomic E-state index is 12.8. The molecule has 0 aliphatic rings. The number of nitrogens with zero attached hydrogens (tertiary/aromatic N) is 2. The lowest BCUT2D eigenvalue weighted by Gasteiger charge is -2.14. The summed E-state index contributed by atoms with van der Waals surface area (Å²) >= 11 is 0. The van der Waals surface area contributed by atoms with Gasteiger partial charge in [-0.2, -0.15) is 0 Å². The number of carbonyl (C=O) groups excluding carboxylic acids is 1. The van der Waals surface area contributed by atoms with Gasteiger partial charge in [0, 0.05) is 28.9 Å². The van der Waals surface area contributed by atoms with Gasteiger partial charge in [0.15, 0.2) is 0 Å². The molecule has 37 heavy (non-hydrogen) atoms. The maximum Gasteiger partial charge on any atom is 0.265 e. The first-order valence-corrected chi connectivity index (χ1v) is 12.9. The Morgan fingerprint density at radius 1 is 0.946 bits per heavy atom. The number of ether oxygens (including phenoxy) is 2.